The number of hydrogen-bond acceptors (Lipinski definition) is 3. The molecule has 0 heterocycles. The normalized spacial score (nSPS) is 20.1. The van der Waals surface area contributed by atoms with Crippen LogP contribution in [0, 0.1) is 20.8 Å². The Bertz CT molecular complexity index is 825. The van der Waals surface area contributed by atoms with E-state index in [-0.39, 0.29) is 17.5 Å². The van der Waals surface area contributed by atoms with Gasteiger partial charge in [0.15, 0.2) is 0 Å². The van der Waals surface area contributed by atoms with Crippen molar-refractivity contribution in [1.29, 1.82) is 0 Å². The van der Waals surface area contributed by atoms with Crippen LogP contribution in [0.25, 0.3) is 0 Å². The molecule has 3 nitrogen and oxygen atoms in total. The average Bonchev–Trinajstić information content (AvgIpc) is 2.61. The van der Waals surface area contributed by atoms with Crippen LogP contribution in [0.4, 0.5) is 0 Å². The average molecular weight is 364 g/mol. The smallest absolute Gasteiger partial charge is 0.148 e. The number of aryl methyl sites for hydroxylation is 3. The van der Waals surface area contributed by atoms with E-state index in [2.05, 4.69) is 24.3 Å². The van der Waals surface area contributed by atoms with Gasteiger partial charge in [-0.3, -0.25) is 9.59 Å². The molecule has 1 fully saturated rings. The van der Waals surface area contributed by atoms with Gasteiger partial charge in [0, 0.05) is 20.0 Å². The summed E-state index contributed by atoms with van der Waals surface area (Å²) in [6.45, 7) is 6.71. The van der Waals surface area contributed by atoms with Crippen LogP contribution in [0.5, 0.6) is 0 Å². The molecule has 1 saturated carbocycles. The summed E-state index contributed by atoms with van der Waals surface area (Å²) in [7, 11) is 1.69. The van der Waals surface area contributed by atoms with E-state index >= 15 is 0 Å². The van der Waals surface area contributed by atoms with E-state index < -0.39 is 5.92 Å². The Morgan fingerprint density at radius 2 is 1.59 bits per heavy atom. The van der Waals surface area contributed by atoms with Gasteiger partial charge in [0.05, 0.1) is 6.61 Å². The molecule has 0 spiro atoms. The van der Waals surface area contributed by atoms with Gasteiger partial charge in [-0.1, -0.05) is 42.0 Å². The molecule has 2 aromatic carbocycles. The Kier molecular flexibility index (Phi) is 5.91. The van der Waals surface area contributed by atoms with Crippen molar-refractivity contribution in [3.8, 4) is 0 Å². The molecular formula is C24H28O3. The number of ketones is 2. The van der Waals surface area contributed by atoms with Crippen molar-refractivity contribution < 1.29 is 14.3 Å². The molecule has 0 saturated heterocycles. The van der Waals surface area contributed by atoms with Crippen molar-refractivity contribution in [3.05, 3.63) is 69.8 Å². The summed E-state index contributed by atoms with van der Waals surface area (Å²) in [6.07, 6.45) is 1.69. The minimum atomic E-state index is -0.599. The third kappa shape index (κ3) is 4.19. The summed E-state index contributed by atoms with van der Waals surface area (Å²) >= 11 is 0. The number of methoxy groups -OCH3 is 1. The topological polar surface area (TPSA) is 43.4 Å². The van der Waals surface area contributed by atoms with E-state index in [9.17, 15) is 9.59 Å². The summed E-state index contributed by atoms with van der Waals surface area (Å²) in [5.74, 6) is -0.518. The van der Waals surface area contributed by atoms with Gasteiger partial charge in [0.1, 0.15) is 17.5 Å². The number of ether oxygens (including phenoxy) is 1. The van der Waals surface area contributed by atoms with Crippen molar-refractivity contribution in [1.82, 2.24) is 0 Å². The minimum absolute atomic E-state index is 0.0187. The fraction of sp³-hybridized carbons (Fsp3) is 0.417. The minimum Gasteiger partial charge on any atom is -0.384 e. The first-order chi connectivity index (χ1) is 12.9. The maximum Gasteiger partial charge on any atom is 0.148 e. The lowest BCUT2D eigenvalue weighted by atomic mass is 9.72. The summed E-state index contributed by atoms with van der Waals surface area (Å²) < 4.78 is 5.15. The first-order valence-corrected chi connectivity index (χ1v) is 9.61. The van der Waals surface area contributed by atoms with Gasteiger partial charge in [-0.05, 0) is 60.9 Å². The molecule has 3 rings (SSSR count). The molecule has 142 valence electrons. The number of Topliss-reactive ketones (excluding diaryl/α,β-unsaturated/α-hetero) is 2. The summed E-state index contributed by atoms with van der Waals surface area (Å²) in [6, 6.07) is 12.4. The van der Waals surface area contributed by atoms with Crippen LogP contribution < -0.4 is 0 Å². The standard InChI is InChI=1S/C24H28O3/c1-15-10-16(2)23(17(3)11-15)24-21(25)13-20(14-22(24)26)19-7-5-6-18(12-19)8-9-27-4/h5-7,10-12,20,24H,8-9,13-14H2,1-4H3. The molecule has 0 radical (unpaired) electrons. The third-order valence-corrected chi connectivity index (χ3v) is 5.58. The fourth-order valence-corrected chi connectivity index (χ4v) is 4.40. The highest BCUT2D eigenvalue weighted by Crippen LogP contribution is 2.38. The van der Waals surface area contributed by atoms with Gasteiger partial charge >= 0.3 is 0 Å². The highest BCUT2D eigenvalue weighted by molar-refractivity contribution is 6.10. The quantitative estimate of drug-likeness (QED) is 0.728. The third-order valence-electron chi connectivity index (χ3n) is 5.58. The number of rotatable bonds is 5. The maximum atomic E-state index is 13.0. The van der Waals surface area contributed by atoms with Gasteiger partial charge < -0.3 is 4.74 Å². The van der Waals surface area contributed by atoms with Crippen LogP contribution in [-0.4, -0.2) is 25.3 Å². The van der Waals surface area contributed by atoms with E-state index in [4.69, 9.17) is 4.74 Å². The number of benzene rings is 2. The molecule has 0 atom stereocenters. The fourth-order valence-electron chi connectivity index (χ4n) is 4.40. The van der Waals surface area contributed by atoms with E-state index in [0.717, 1.165) is 34.2 Å². The predicted molar refractivity (Wildman–Crippen MR) is 107 cm³/mol. The summed E-state index contributed by atoms with van der Waals surface area (Å²) in [5.41, 5.74) is 6.43. The van der Waals surface area contributed by atoms with Crippen LogP contribution in [0.1, 0.15) is 58.1 Å². The highest BCUT2D eigenvalue weighted by atomic mass is 16.5. The van der Waals surface area contributed by atoms with Gasteiger partial charge in [0.25, 0.3) is 0 Å². The van der Waals surface area contributed by atoms with Crippen LogP contribution in [-0.2, 0) is 20.7 Å². The number of hydrogen-bond donors (Lipinski definition) is 0. The SMILES string of the molecule is COCCc1cccc(C2CC(=O)C(c3c(C)cc(C)cc3C)C(=O)C2)c1. The molecule has 0 amide bonds. The van der Waals surface area contributed by atoms with Crippen LogP contribution in [0.3, 0.4) is 0 Å². The van der Waals surface area contributed by atoms with Crippen LogP contribution in [0.15, 0.2) is 36.4 Å². The molecule has 27 heavy (non-hydrogen) atoms. The van der Waals surface area contributed by atoms with Crippen LogP contribution >= 0.6 is 0 Å². The van der Waals surface area contributed by atoms with Gasteiger partial charge in [-0.2, -0.15) is 0 Å². The molecule has 0 bridgehead atoms. The van der Waals surface area contributed by atoms with Gasteiger partial charge in [-0.15, -0.1) is 0 Å². The van der Waals surface area contributed by atoms with Crippen LogP contribution in [0.2, 0.25) is 0 Å². The second kappa shape index (κ2) is 8.18. The molecular weight excluding hydrogens is 336 g/mol. The van der Waals surface area contributed by atoms with Gasteiger partial charge in [-0.25, -0.2) is 0 Å². The Hall–Kier alpha value is -2.26. The van der Waals surface area contributed by atoms with E-state index in [1.807, 2.05) is 32.9 Å². The zero-order valence-corrected chi connectivity index (χ0v) is 16.7. The van der Waals surface area contributed by atoms with E-state index in [0.29, 0.717) is 19.4 Å². The molecule has 3 heteroatoms. The monoisotopic (exact) mass is 364 g/mol. The first-order valence-electron chi connectivity index (χ1n) is 9.61. The lowest BCUT2D eigenvalue weighted by Crippen LogP contribution is -2.32. The molecule has 2 aromatic rings. The molecule has 1 aliphatic rings. The molecule has 0 unspecified atom stereocenters. The molecule has 0 aliphatic heterocycles. The Balaban J connectivity index is 1.84. The number of carbonyl (C=O) groups is 2. The lowest BCUT2D eigenvalue weighted by Gasteiger charge is -2.29. The molecule has 1 aliphatic carbocycles. The molecule has 0 aromatic heterocycles. The van der Waals surface area contributed by atoms with Crippen molar-refractivity contribution in [2.24, 2.45) is 0 Å². The second-order valence-corrected chi connectivity index (χ2v) is 7.77. The summed E-state index contributed by atoms with van der Waals surface area (Å²) in [4.78, 5) is 26.0. The Morgan fingerprint density at radius 3 is 2.19 bits per heavy atom. The lowest BCUT2D eigenvalue weighted by molar-refractivity contribution is -0.132. The summed E-state index contributed by atoms with van der Waals surface area (Å²) in [5, 5.41) is 0. The first kappa shape index (κ1) is 19.5. The van der Waals surface area contributed by atoms with Crippen molar-refractivity contribution in [2.45, 2.75) is 51.9 Å². The van der Waals surface area contributed by atoms with E-state index in [1.165, 1.54) is 5.56 Å². The highest BCUT2D eigenvalue weighted by Gasteiger charge is 2.38. The van der Waals surface area contributed by atoms with Crippen molar-refractivity contribution >= 4 is 11.6 Å². The number of carbonyl (C=O) groups excluding carboxylic acids is 2. The van der Waals surface area contributed by atoms with Crippen molar-refractivity contribution in [2.75, 3.05) is 13.7 Å². The molecule has 0 N–H and O–H groups in total. The van der Waals surface area contributed by atoms with E-state index in [1.54, 1.807) is 7.11 Å². The zero-order valence-electron chi connectivity index (χ0n) is 16.7. The predicted octanol–water partition coefficient (Wildman–Crippen LogP) is 4.60. The van der Waals surface area contributed by atoms with Gasteiger partial charge in [0.2, 0.25) is 0 Å². The second-order valence-electron chi connectivity index (χ2n) is 7.77. The Morgan fingerprint density at radius 1 is 0.963 bits per heavy atom. The zero-order chi connectivity index (χ0) is 19.6. The largest absolute Gasteiger partial charge is 0.384 e. The van der Waals surface area contributed by atoms with Crippen molar-refractivity contribution in [3.63, 3.8) is 0 Å². The maximum absolute atomic E-state index is 13.0. The Labute approximate surface area is 161 Å².